The smallest absolute Gasteiger partial charge is 0.159 e. The third-order valence-electron chi connectivity index (χ3n) is 8.13. The van der Waals surface area contributed by atoms with Gasteiger partial charge in [-0.25, -0.2) is 0 Å². The zero-order valence-corrected chi connectivity index (χ0v) is 27.9. The van der Waals surface area contributed by atoms with Crippen LogP contribution in [0.4, 0.5) is 0 Å². The van der Waals surface area contributed by atoms with Crippen molar-refractivity contribution >= 4 is 43.8 Å². The lowest BCUT2D eigenvalue weighted by atomic mass is 10.0. The summed E-state index contributed by atoms with van der Waals surface area (Å²) in [5, 5.41) is 3.30. The van der Waals surface area contributed by atoms with Crippen LogP contribution in [0.1, 0.15) is 155 Å². The molecule has 2 nitrogen and oxygen atoms in total. The number of fused-ring (bicyclic) bond motifs is 1. The minimum absolute atomic E-state index is 0.302. The van der Waals surface area contributed by atoms with Crippen LogP contribution in [-0.2, 0) is 14.4 Å². The second kappa shape index (κ2) is 18.8. The second-order valence-electron chi connectivity index (χ2n) is 11.5. The van der Waals surface area contributed by atoms with Gasteiger partial charge in [-0.15, -0.1) is 22.7 Å². The molecule has 3 rings (SSSR count). The summed E-state index contributed by atoms with van der Waals surface area (Å²) in [6.45, 7) is 9.16. The molecule has 39 heavy (non-hydrogen) atoms. The third-order valence-corrected chi connectivity index (χ3v) is 11.8. The van der Waals surface area contributed by atoms with Gasteiger partial charge in [0.1, 0.15) is 0 Å². The molecule has 0 saturated carbocycles. The number of thiophene rings is 2. The van der Waals surface area contributed by atoms with E-state index in [1.807, 2.05) is 34.4 Å². The topological polar surface area (TPSA) is 18.5 Å². The summed E-state index contributed by atoms with van der Waals surface area (Å²) in [7, 11) is 0. The molecule has 2 aromatic heterocycles. The predicted octanol–water partition coefficient (Wildman–Crippen LogP) is 13.0. The van der Waals surface area contributed by atoms with E-state index in [2.05, 4.69) is 51.3 Å². The van der Waals surface area contributed by atoms with Gasteiger partial charge in [0.05, 0.1) is 12.2 Å². The summed E-state index contributed by atoms with van der Waals surface area (Å²) in [6.07, 6.45) is 27.3. The molecule has 1 aliphatic rings. The van der Waals surface area contributed by atoms with E-state index in [4.69, 9.17) is 9.47 Å². The van der Waals surface area contributed by atoms with Gasteiger partial charge in [0.25, 0.3) is 0 Å². The zero-order chi connectivity index (χ0) is 27.8. The molecule has 0 fully saturated rings. The van der Waals surface area contributed by atoms with E-state index in [1.165, 1.54) is 117 Å². The Hall–Kier alpha value is -0.490. The molecule has 5 heteroatoms. The second-order valence-corrected chi connectivity index (χ2v) is 14.8. The fourth-order valence-corrected chi connectivity index (χ4v) is 9.14. The number of unbranched alkanes of at least 4 members (excludes halogenated alkanes) is 12. The summed E-state index contributed by atoms with van der Waals surface area (Å²) in [5.41, 5.74) is 0. The van der Waals surface area contributed by atoms with E-state index in [-0.39, 0.29) is 4.93 Å². The first-order chi connectivity index (χ1) is 19.1. The molecule has 2 aromatic rings. The van der Waals surface area contributed by atoms with Gasteiger partial charge in [0.2, 0.25) is 0 Å². The van der Waals surface area contributed by atoms with E-state index in [0.29, 0.717) is 12.2 Å². The number of hydrogen-bond donors (Lipinski definition) is 0. The Morgan fingerprint density at radius 3 is 1.92 bits per heavy atom. The van der Waals surface area contributed by atoms with Crippen LogP contribution in [0.5, 0.6) is 0 Å². The van der Waals surface area contributed by atoms with Crippen molar-refractivity contribution in [3.8, 4) is 0 Å². The van der Waals surface area contributed by atoms with Gasteiger partial charge in [0.15, 0.2) is 10.0 Å². The van der Waals surface area contributed by atoms with Gasteiger partial charge in [-0.05, 0) is 67.5 Å². The lowest BCUT2D eigenvalue weighted by Crippen LogP contribution is -2.28. The molecule has 0 radical (unpaired) electrons. The fraction of sp³-hybridized carbons (Fsp3) is 0.765. The molecular weight excluding hydrogens is 537 g/mol. The fourth-order valence-electron chi connectivity index (χ4n) is 5.55. The number of hydrogen-bond acceptors (Lipinski definition) is 5. The molecule has 3 unspecified atom stereocenters. The highest BCUT2D eigenvalue weighted by molar-refractivity contribution is 8.04. The molecule has 0 bridgehead atoms. The Bertz CT molecular complexity index is 903. The standard InChI is InChI=1S/C34H56O2S3/c1-5-9-11-13-15-17-19-21-28(7-3)35-33-23-25-34(39-33,32-27-31-30(38-32)24-26-37-31)36-29(8-4)22-20-18-16-14-12-10-6-2/h23-24,26-29H,5-22,25H2,1-4H3. The molecule has 3 atom stereocenters. The van der Waals surface area contributed by atoms with E-state index < -0.39 is 0 Å². The average molecular weight is 593 g/mol. The van der Waals surface area contributed by atoms with Crippen LogP contribution in [0.15, 0.2) is 28.7 Å². The minimum Gasteiger partial charge on any atom is -0.484 e. The summed E-state index contributed by atoms with van der Waals surface area (Å²) in [4.78, 5) is 1.03. The first-order valence-electron chi connectivity index (χ1n) is 16.3. The number of ether oxygens (including phenoxy) is 2. The first-order valence-corrected chi connectivity index (χ1v) is 18.9. The molecule has 0 amide bonds. The largest absolute Gasteiger partial charge is 0.484 e. The van der Waals surface area contributed by atoms with Gasteiger partial charge in [0, 0.05) is 20.7 Å². The van der Waals surface area contributed by atoms with Crippen LogP contribution in [0.3, 0.4) is 0 Å². The maximum Gasteiger partial charge on any atom is 0.159 e. The Balaban J connectivity index is 1.55. The van der Waals surface area contributed by atoms with Crippen molar-refractivity contribution in [3.05, 3.63) is 33.6 Å². The molecule has 0 aliphatic carbocycles. The minimum atomic E-state index is -0.335. The summed E-state index contributed by atoms with van der Waals surface area (Å²) >= 11 is 5.62. The van der Waals surface area contributed by atoms with Gasteiger partial charge in [-0.2, -0.15) is 0 Å². The average Bonchev–Trinajstić information content (AvgIpc) is 3.67. The maximum atomic E-state index is 7.11. The van der Waals surface area contributed by atoms with Crippen LogP contribution in [0.25, 0.3) is 9.40 Å². The highest BCUT2D eigenvalue weighted by Gasteiger charge is 2.43. The number of thioether (sulfide) groups is 1. The normalized spacial score (nSPS) is 19.0. The van der Waals surface area contributed by atoms with Crippen LogP contribution >= 0.6 is 34.4 Å². The lowest BCUT2D eigenvalue weighted by Gasteiger charge is -2.33. The molecule has 3 heterocycles. The van der Waals surface area contributed by atoms with Crippen molar-refractivity contribution in [1.82, 2.24) is 0 Å². The predicted molar refractivity (Wildman–Crippen MR) is 177 cm³/mol. The van der Waals surface area contributed by atoms with Crippen molar-refractivity contribution in [2.45, 2.75) is 167 Å². The van der Waals surface area contributed by atoms with Gasteiger partial charge < -0.3 is 9.47 Å². The SMILES string of the molecule is CCCCCCCCCC(CC)OC1=CCC(OC(CC)CCCCCCCCC)(c2cc3sccc3s2)S1. The molecule has 1 aliphatic heterocycles. The number of rotatable bonds is 23. The summed E-state index contributed by atoms with van der Waals surface area (Å²) in [5.74, 6) is 0. The van der Waals surface area contributed by atoms with Crippen LogP contribution < -0.4 is 0 Å². The van der Waals surface area contributed by atoms with Crippen LogP contribution in [-0.4, -0.2) is 12.2 Å². The van der Waals surface area contributed by atoms with E-state index >= 15 is 0 Å². The Labute approximate surface area is 252 Å². The van der Waals surface area contributed by atoms with Crippen molar-refractivity contribution in [1.29, 1.82) is 0 Å². The maximum absolute atomic E-state index is 7.11. The van der Waals surface area contributed by atoms with Crippen molar-refractivity contribution in [2.24, 2.45) is 0 Å². The highest BCUT2D eigenvalue weighted by atomic mass is 32.2. The first kappa shape index (κ1) is 33.0. The van der Waals surface area contributed by atoms with Gasteiger partial charge in [-0.1, -0.05) is 111 Å². The zero-order valence-electron chi connectivity index (χ0n) is 25.4. The van der Waals surface area contributed by atoms with E-state index in [0.717, 1.165) is 24.4 Å². The van der Waals surface area contributed by atoms with E-state index in [9.17, 15) is 0 Å². The van der Waals surface area contributed by atoms with Crippen molar-refractivity contribution in [3.63, 3.8) is 0 Å². The Morgan fingerprint density at radius 1 is 0.744 bits per heavy atom. The molecule has 0 aromatic carbocycles. The summed E-state index contributed by atoms with van der Waals surface area (Å²) < 4.78 is 16.5. The quantitative estimate of drug-likeness (QED) is 0.120. The lowest BCUT2D eigenvalue weighted by molar-refractivity contribution is -0.0397. The van der Waals surface area contributed by atoms with E-state index in [1.54, 1.807) is 0 Å². The Morgan fingerprint density at radius 2 is 1.33 bits per heavy atom. The van der Waals surface area contributed by atoms with Gasteiger partial charge >= 0.3 is 0 Å². The van der Waals surface area contributed by atoms with Crippen LogP contribution in [0.2, 0.25) is 0 Å². The molecular formula is C34H56O2S3. The summed E-state index contributed by atoms with van der Waals surface area (Å²) in [6, 6.07) is 4.66. The monoisotopic (exact) mass is 592 g/mol. The molecule has 222 valence electrons. The molecule has 0 spiro atoms. The molecule has 0 saturated heterocycles. The van der Waals surface area contributed by atoms with Gasteiger partial charge in [-0.3, -0.25) is 0 Å². The highest BCUT2D eigenvalue weighted by Crippen LogP contribution is 2.55. The third kappa shape index (κ3) is 11.0. The molecule has 0 N–H and O–H groups in total. The van der Waals surface area contributed by atoms with Crippen LogP contribution in [0, 0.1) is 0 Å². The van der Waals surface area contributed by atoms with Crippen molar-refractivity contribution in [2.75, 3.05) is 0 Å². The van der Waals surface area contributed by atoms with Crippen molar-refractivity contribution < 1.29 is 9.47 Å². The Kier molecular flexibility index (Phi) is 16.0.